The number of methoxy groups -OCH3 is 2. The van der Waals surface area contributed by atoms with Crippen LogP contribution in [0.1, 0.15) is 116 Å². The second kappa shape index (κ2) is 40.8. The molecule has 8 aliphatic rings. The smallest absolute Gasteiger partial charge is 0.501 e. The minimum Gasteiger partial charge on any atom is -0.507 e. The zero-order valence-corrected chi connectivity index (χ0v) is 69.5. The van der Waals surface area contributed by atoms with Crippen molar-refractivity contribution in [2.75, 3.05) is 140 Å². The number of phenolic OH excluding ortho intramolecular Hbond substituents is 2. The predicted octanol–water partition coefficient (Wildman–Crippen LogP) is -0.124. The number of aliphatic hydroxyl groups is 5. The summed E-state index contributed by atoms with van der Waals surface area (Å²) in [7, 11) is 1.42. The Hall–Kier alpha value is -9.32. The van der Waals surface area contributed by atoms with Gasteiger partial charge in [0.15, 0.2) is 36.1 Å². The van der Waals surface area contributed by atoms with Gasteiger partial charge in [0.05, 0.1) is 155 Å². The van der Waals surface area contributed by atoms with Gasteiger partial charge in [-0.2, -0.15) is 0 Å². The molecule has 123 heavy (non-hydrogen) atoms. The number of ketones is 2. The highest BCUT2D eigenvalue weighted by atomic mass is 32.3. The second-order valence-electron chi connectivity index (χ2n) is 31.8. The Morgan fingerprint density at radius 2 is 1.41 bits per heavy atom. The molecule has 13 rings (SSSR count). The molecule has 4 aromatic carbocycles. The molecule has 5 aromatic rings. The first kappa shape index (κ1) is 91.4. The lowest BCUT2D eigenvalue weighted by Gasteiger charge is -2.43. The zero-order valence-electron chi connectivity index (χ0n) is 68.7. The number of fused-ring (bicyclic) bond motifs is 6. The van der Waals surface area contributed by atoms with Crippen LogP contribution in [0, 0.1) is 11.8 Å². The summed E-state index contributed by atoms with van der Waals surface area (Å²) in [6.07, 6.45) is -7.20. The van der Waals surface area contributed by atoms with E-state index in [9.17, 15) is 77.7 Å². The number of ether oxygens (including phenoxy) is 13. The molecule has 0 bridgehead atoms. The van der Waals surface area contributed by atoms with E-state index in [1.54, 1.807) is 29.9 Å². The number of imide groups is 1. The Kier molecular flexibility index (Phi) is 30.3. The molecule has 40 nitrogen and oxygen atoms in total. The van der Waals surface area contributed by atoms with Crippen molar-refractivity contribution in [1.82, 2.24) is 40.7 Å². The summed E-state index contributed by atoms with van der Waals surface area (Å²) in [5.74, 6) is -6.39. The largest absolute Gasteiger partial charge is 0.507 e. The normalized spacial score (nSPS) is 26.3. The molecule has 6 heterocycles. The first-order valence-electron chi connectivity index (χ1n) is 40.8. The average Bonchev–Trinajstić information content (AvgIpc) is 1.18. The number of benzene rings is 4. The van der Waals surface area contributed by atoms with E-state index >= 15 is 0 Å². The molecule has 670 valence electrons. The van der Waals surface area contributed by atoms with Gasteiger partial charge < -0.3 is 126 Å². The highest BCUT2D eigenvalue weighted by molar-refractivity contribution is 7.82. The Labute approximate surface area is 708 Å². The monoisotopic (exact) mass is 1740 g/mol. The SMILES string of the molecule is COc1cccc2c1C(=O)c1c(O)c3c(c(O)c1C2=O)C[C@@](O)(C(=O)NCC[N+](C)(C)Cc1ccc(OS(=O)(=O)Oc2cc(C(=O)NCCOCCOCCOCCn4cc(COCCOCCNC(=O)C5CCC(CN6C(=O)C=CC6=O)CC5)nn4)ccc2OC2O[C@H](CO)[C@H](O)[C@H](O)[C@H]2O)cc1)C[C@@H]3O[C@H]1C[C@H]2[C@H](O[C@@H]3[C@@H](OC)OCCN32)[C@H](C)O1. The summed E-state index contributed by atoms with van der Waals surface area (Å²) in [5, 5.41) is 95.4. The minimum absolute atomic E-state index is 0.00792. The van der Waals surface area contributed by atoms with E-state index in [0.717, 1.165) is 25.0 Å². The zero-order chi connectivity index (χ0) is 87.4. The number of phenols is 2. The van der Waals surface area contributed by atoms with Gasteiger partial charge in [0, 0.05) is 104 Å². The van der Waals surface area contributed by atoms with E-state index in [4.69, 9.17) is 69.9 Å². The molecule has 1 unspecified atom stereocenters. The number of morpholine rings is 1. The number of nitrogens with one attached hydrogen (secondary N) is 3. The Morgan fingerprint density at radius 3 is 2.12 bits per heavy atom. The number of nitrogens with zero attached hydrogens (tertiary/aromatic N) is 6. The number of carbonyl (C=O) groups excluding carboxylic acids is 7. The Balaban J connectivity index is 0.544. The summed E-state index contributed by atoms with van der Waals surface area (Å²) in [4.78, 5) is 96.8. The fourth-order valence-corrected chi connectivity index (χ4v) is 17.3. The molecular weight excluding hydrogens is 1640 g/mol. The highest BCUT2D eigenvalue weighted by Gasteiger charge is 2.56. The van der Waals surface area contributed by atoms with Crippen LogP contribution in [0.25, 0.3) is 0 Å². The summed E-state index contributed by atoms with van der Waals surface area (Å²) in [5.41, 5.74) is -2.78. The van der Waals surface area contributed by atoms with Gasteiger partial charge in [-0.1, -0.05) is 17.3 Å². The van der Waals surface area contributed by atoms with E-state index in [0.29, 0.717) is 83.3 Å². The summed E-state index contributed by atoms with van der Waals surface area (Å²) >= 11 is 0. The van der Waals surface area contributed by atoms with Crippen LogP contribution < -0.4 is 33.8 Å². The molecule has 5 aliphatic heterocycles. The average molecular weight is 1750 g/mol. The first-order chi connectivity index (χ1) is 59.0. The van der Waals surface area contributed by atoms with Gasteiger partial charge in [-0.05, 0) is 87.1 Å². The maximum atomic E-state index is 14.6. The number of quaternary nitrogens is 1. The fourth-order valence-electron chi connectivity index (χ4n) is 16.5. The lowest BCUT2D eigenvalue weighted by Crippen LogP contribution is -2.60. The standard InChI is InChI=1S/C82H105N9O31S/c1-46-75-55(89-25-30-115-80(109-5)78(89)120-75)38-63(116-46)117-59-40-82(105,39-54-65(59)72(99)67-66(69(54)96)68(95)53-7-6-8-57(108-4)64(53)71(67)98)81(104)85-21-26-91(2,3)43-48-11-16-52(17-12-48)121-123(106,107)122-58-37-50(15-18-56(58)118-79-74(101)73(100)70(97)60(44-92)119-79)77(103)84-23-28-110-31-33-113-34-32-112-29-24-88-42-51(86-87-88)45-114-36-35-111-27-22-83-76(102)49-13-9-47(10-14-49)41-90-61(93)19-20-62(90)94/h6-8,11-12,15-20,37,42,46-47,49,55,59-60,63,70,73-75,78-80,92,97,100-101,105H,9-10,13-14,21-36,38-41,43-45H2,1-5H3,(H4-,83,84,85,86,87,93,94,95,96,98,99,102,103,104)/p+1/t46-,47?,49?,55-,59-,60+,63-,70-,73-,74+,75+,78+,79?,80-,82-/m0/s1. The van der Waals surface area contributed by atoms with Gasteiger partial charge >= 0.3 is 10.4 Å². The molecule has 5 amide bonds. The molecule has 4 saturated heterocycles. The number of carbonyl (C=O) groups is 7. The van der Waals surface area contributed by atoms with Crippen LogP contribution in [-0.2, 0) is 108 Å². The number of aliphatic hydroxyl groups excluding tert-OH is 4. The van der Waals surface area contributed by atoms with E-state index in [1.807, 2.05) is 14.1 Å². The maximum Gasteiger partial charge on any atom is 0.501 e. The molecule has 3 aliphatic carbocycles. The van der Waals surface area contributed by atoms with Gasteiger partial charge in [-0.15, -0.1) is 13.5 Å². The summed E-state index contributed by atoms with van der Waals surface area (Å²) in [6.45, 7) is 5.94. The number of aromatic nitrogens is 3. The number of aromatic hydroxyl groups is 2. The second-order valence-corrected chi connectivity index (χ2v) is 33.0. The molecule has 1 aromatic heterocycles. The molecule has 1 saturated carbocycles. The third-order valence-corrected chi connectivity index (χ3v) is 23.7. The molecule has 0 radical (unpaired) electrons. The molecule has 5 fully saturated rings. The van der Waals surface area contributed by atoms with Crippen molar-refractivity contribution < 1.29 is 152 Å². The van der Waals surface area contributed by atoms with Gasteiger partial charge in [-0.3, -0.25) is 43.4 Å². The van der Waals surface area contributed by atoms with E-state index < -0.39 is 161 Å². The lowest BCUT2D eigenvalue weighted by atomic mass is 9.72. The molecule has 0 spiro atoms. The van der Waals surface area contributed by atoms with Gasteiger partial charge in [0.2, 0.25) is 18.0 Å². The van der Waals surface area contributed by atoms with Crippen molar-refractivity contribution in [2.24, 2.45) is 11.8 Å². The predicted molar refractivity (Wildman–Crippen MR) is 422 cm³/mol. The minimum atomic E-state index is -5.12. The van der Waals surface area contributed by atoms with Crippen molar-refractivity contribution in [1.29, 1.82) is 0 Å². The van der Waals surface area contributed by atoms with E-state index in [-0.39, 0.29) is 152 Å². The van der Waals surface area contributed by atoms with Crippen molar-refractivity contribution >= 4 is 51.5 Å². The number of hydrogen-bond donors (Lipinski definition) is 10. The van der Waals surface area contributed by atoms with Crippen molar-refractivity contribution in [2.45, 2.75) is 151 Å². The Bertz CT molecular complexity index is 4720. The van der Waals surface area contributed by atoms with Gasteiger partial charge in [-0.25, -0.2) is 4.68 Å². The number of likely N-dealkylation sites (N-methyl/N-ethyl adjacent to an activating group) is 1. The summed E-state index contributed by atoms with van der Waals surface area (Å²) in [6, 6.07) is 13.3. The fraction of sp³-hybridized carbons (Fsp3) is 0.573. The van der Waals surface area contributed by atoms with Crippen LogP contribution >= 0.6 is 0 Å². The first-order valence-corrected chi connectivity index (χ1v) is 42.2. The topological polar surface area (TPSA) is 507 Å². The summed E-state index contributed by atoms with van der Waals surface area (Å²) < 4.78 is 116. The van der Waals surface area contributed by atoms with E-state index in [2.05, 4.69) is 31.2 Å². The Morgan fingerprint density at radius 1 is 0.724 bits per heavy atom. The van der Waals surface area contributed by atoms with Crippen molar-refractivity contribution in [3.05, 3.63) is 129 Å². The maximum absolute atomic E-state index is 14.6. The lowest BCUT2D eigenvalue weighted by molar-refractivity contribution is -0.902. The van der Waals surface area contributed by atoms with Crippen molar-refractivity contribution in [3.8, 4) is 34.5 Å². The van der Waals surface area contributed by atoms with Gasteiger partial charge in [0.25, 0.3) is 23.6 Å². The van der Waals surface area contributed by atoms with E-state index in [1.165, 1.54) is 67.7 Å². The van der Waals surface area contributed by atoms with Crippen LogP contribution in [0.15, 0.2) is 79.0 Å². The molecular formula is C82H106N9O31S+. The molecule has 13 atom stereocenters. The highest BCUT2D eigenvalue weighted by Crippen LogP contribution is 2.53. The van der Waals surface area contributed by atoms with Crippen LogP contribution in [0.2, 0.25) is 0 Å². The number of amides is 5. The number of rotatable bonds is 41. The number of hydrogen-bond acceptors (Lipinski definition) is 34. The third-order valence-electron chi connectivity index (χ3n) is 22.9. The van der Waals surface area contributed by atoms with Crippen LogP contribution in [0.5, 0.6) is 34.5 Å². The van der Waals surface area contributed by atoms with Crippen LogP contribution in [0.3, 0.4) is 0 Å². The van der Waals surface area contributed by atoms with Gasteiger partial charge in [0.1, 0.15) is 71.4 Å². The van der Waals surface area contributed by atoms with Crippen LogP contribution in [-0.4, -0.2) is 328 Å². The quantitative estimate of drug-likeness (QED) is 0.0103. The molecule has 10 N–H and O–H groups in total. The van der Waals surface area contributed by atoms with Crippen LogP contribution in [0.4, 0.5) is 0 Å². The third kappa shape index (κ3) is 21.8. The molecule has 41 heteroatoms. The van der Waals surface area contributed by atoms with Crippen molar-refractivity contribution in [3.63, 3.8) is 0 Å².